The quantitative estimate of drug-likeness (QED) is 0.771. The van der Waals surface area contributed by atoms with Crippen LogP contribution in [0.3, 0.4) is 0 Å². The summed E-state index contributed by atoms with van der Waals surface area (Å²) < 4.78 is 24.1. The molecule has 2 amide bonds. The predicted octanol–water partition coefficient (Wildman–Crippen LogP) is 2.55. The van der Waals surface area contributed by atoms with Gasteiger partial charge < -0.3 is 19.7 Å². The Kier molecular flexibility index (Phi) is 7.16. The van der Waals surface area contributed by atoms with Gasteiger partial charge in [-0.2, -0.15) is 0 Å². The van der Waals surface area contributed by atoms with Gasteiger partial charge >= 0.3 is 0 Å². The highest BCUT2D eigenvalue weighted by atomic mass is 19.1. The number of hydrogen-bond acceptors (Lipinski definition) is 4. The Morgan fingerprint density at radius 3 is 2.48 bits per heavy atom. The Labute approximate surface area is 157 Å². The lowest BCUT2D eigenvalue weighted by atomic mass is 10.1. The Balaban J connectivity index is 2.00. The number of amides is 2. The lowest BCUT2D eigenvalue weighted by Gasteiger charge is -2.23. The van der Waals surface area contributed by atoms with Gasteiger partial charge in [-0.15, -0.1) is 0 Å². The molecule has 7 heteroatoms. The van der Waals surface area contributed by atoms with Crippen LogP contribution in [-0.4, -0.2) is 39.1 Å². The number of halogens is 1. The number of carbonyl (C=O) groups excluding carboxylic acids is 2. The SMILES string of the molecule is COc1ccc(N(CCNC(=O)Cc2ccccc2F)C(C)=O)c(OC)c1. The second kappa shape index (κ2) is 9.56. The number of methoxy groups -OCH3 is 2. The summed E-state index contributed by atoms with van der Waals surface area (Å²) in [5.41, 5.74) is 0.907. The zero-order valence-corrected chi connectivity index (χ0v) is 15.6. The van der Waals surface area contributed by atoms with Crippen LogP contribution < -0.4 is 19.7 Å². The van der Waals surface area contributed by atoms with E-state index >= 15 is 0 Å². The van der Waals surface area contributed by atoms with Gasteiger partial charge in [0.25, 0.3) is 0 Å². The minimum atomic E-state index is -0.416. The molecule has 0 spiro atoms. The van der Waals surface area contributed by atoms with E-state index in [1.807, 2.05) is 0 Å². The molecular formula is C20H23FN2O4. The Hall–Kier alpha value is -3.09. The molecule has 1 N–H and O–H groups in total. The van der Waals surface area contributed by atoms with Crippen LogP contribution in [0.5, 0.6) is 11.5 Å². The van der Waals surface area contributed by atoms with Gasteiger partial charge in [-0.1, -0.05) is 18.2 Å². The van der Waals surface area contributed by atoms with Crippen molar-refractivity contribution >= 4 is 17.5 Å². The van der Waals surface area contributed by atoms with E-state index in [2.05, 4.69) is 5.32 Å². The van der Waals surface area contributed by atoms with Crippen molar-refractivity contribution in [1.82, 2.24) is 5.32 Å². The highest BCUT2D eigenvalue weighted by Gasteiger charge is 2.17. The molecule has 0 aliphatic carbocycles. The maximum atomic E-state index is 13.6. The minimum Gasteiger partial charge on any atom is -0.497 e. The summed E-state index contributed by atoms with van der Waals surface area (Å²) in [7, 11) is 3.05. The molecule has 0 saturated carbocycles. The van der Waals surface area contributed by atoms with Gasteiger partial charge in [-0.3, -0.25) is 9.59 Å². The normalized spacial score (nSPS) is 10.2. The molecular weight excluding hydrogens is 351 g/mol. The lowest BCUT2D eigenvalue weighted by Crippen LogP contribution is -2.38. The standard InChI is InChI=1S/C20H23FN2O4/c1-14(24)23(18-9-8-16(26-2)13-19(18)27-3)11-10-22-20(25)12-15-6-4-5-7-17(15)21/h4-9,13H,10-12H2,1-3H3,(H,22,25). The van der Waals surface area contributed by atoms with Crippen molar-refractivity contribution < 1.29 is 23.5 Å². The first-order chi connectivity index (χ1) is 13.0. The van der Waals surface area contributed by atoms with Crippen molar-refractivity contribution in [1.29, 1.82) is 0 Å². The molecule has 0 heterocycles. The van der Waals surface area contributed by atoms with Gasteiger partial charge in [0.1, 0.15) is 17.3 Å². The van der Waals surface area contributed by atoms with Gasteiger partial charge in [0.2, 0.25) is 11.8 Å². The van der Waals surface area contributed by atoms with Crippen molar-refractivity contribution in [2.45, 2.75) is 13.3 Å². The van der Waals surface area contributed by atoms with E-state index in [1.165, 1.54) is 25.0 Å². The topological polar surface area (TPSA) is 67.9 Å². The molecule has 0 fully saturated rings. The number of nitrogens with zero attached hydrogens (tertiary/aromatic N) is 1. The molecule has 2 rings (SSSR count). The van der Waals surface area contributed by atoms with Gasteiger partial charge in [0, 0.05) is 26.1 Å². The van der Waals surface area contributed by atoms with Crippen LogP contribution in [0.2, 0.25) is 0 Å². The summed E-state index contributed by atoms with van der Waals surface area (Å²) in [6.07, 6.45) is -0.0569. The average molecular weight is 374 g/mol. The summed E-state index contributed by atoms with van der Waals surface area (Å²) in [4.78, 5) is 25.6. The zero-order valence-electron chi connectivity index (χ0n) is 15.6. The molecule has 0 atom stereocenters. The first-order valence-electron chi connectivity index (χ1n) is 8.46. The number of benzene rings is 2. The fraction of sp³-hybridized carbons (Fsp3) is 0.300. The third-order valence-corrected chi connectivity index (χ3v) is 4.02. The fourth-order valence-electron chi connectivity index (χ4n) is 2.64. The largest absolute Gasteiger partial charge is 0.497 e. The van der Waals surface area contributed by atoms with Crippen LogP contribution in [0.1, 0.15) is 12.5 Å². The Morgan fingerprint density at radius 1 is 1.11 bits per heavy atom. The van der Waals surface area contributed by atoms with E-state index in [9.17, 15) is 14.0 Å². The number of anilines is 1. The van der Waals surface area contributed by atoms with Crippen molar-refractivity contribution in [2.24, 2.45) is 0 Å². The van der Waals surface area contributed by atoms with Gasteiger partial charge in [-0.25, -0.2) is 4.39 Å². The van der Waals surface area contributed by atoms with Gasteiger partial charge in [0.05, 0.1) is 26.3 Å². The molecule has 0 saturated heterocycles. The van der Waals surface area contributed by atoms with Gasteiger partial charge in [0.15, 0.2) is 0 Å². The van der Waals surface area contributed by atoms with E-state index < -0.39 is 5.82 Å². The van der Waals surface area contributed by atoms with Crippen LogP contribution in [0.15, 0.2) is 42.5 Å². The molecule has 0 aromatic heterocycles. The lowest BCUT2D eigenvalue weighted by molar-refractivity contribution is -0.121. The van der Waals surface area contributed by atoms with Crippen LogP contribution in [0, 0.1) is 5.82 Å². The third kappa shape index (κ3) is 5.44. The minimum absolute atomic E-state index is 0.0569. The predicted molar refractivity (Wildman–Crippen MR) is 101 cm³/mol. The molecule has 6 nitrogen and oxygen atoms in total. The van der Waals surface area contributed by atoms with Crippen molar-refractivity contribution in [3.05, 3.63) is 53.8 Å². The number of rotatable bonds is 8. The number of hydrogen-bond donors (Lipinski definition) is 1. The van der Waals surface area contributed by atoms with Crippen molar-refractivity contribution in [3.63, 3.8) is 0 Å². The Morgan fingerprint density at radius 2 is 1.85 bits per heavy atom. The van der Waals surface area contributed by atoms with Crippen LogP contribution in [-0.2, 0) is 16.0 Å². The zero-order chi connectivity index (χ0) is 19.8. The number of nitrogens with one attached hydrogen (secondary N) is 1. The summed E-state index contributed by atoms with van der Waals surface area (Å²) >= 11 is 0. The number of carbonyl (C=O) groups is 2. The second-order valence-corrected chi connectivity index (χ2v) is 5.83. The van der Waals surface area contributed by atoms with Crippen molar-refractivity contribution in [2.75, 3.05) is 32.2 Å². The highest BCUT2D eigenvalue weighted by molar-refractivity contribution is 5.93. The summed E-state index contributed by atoms with van der Waals surface area (Å²) in [6, 6.07) is 11.3. The molecule has 0 aliphatic heterocycles. The first-order valence-corrected chi connectivity index (χ1v) is 8.46. The van der Waals surface area contributed by atoms with Crippen LogP contribution in [0.25, 0.3) is 0 Å². The molecule has 27 heavy (non-hydrogen) atoms. The number of ether oxygens (including phenoxy) is 2. The monoisotopic (exact) mass is 374 g/mol. The van der Waals surface area contributed by atoms with E-state index in [-0.39, 0.29) is 31.3 Å². The smallest absolute Gasteiger partial charge is 0.224 e. The molecule has 0 bridgehead atoms. The molecule has 2 aromatic carbocycles. The molecule has 2 aromatic rings. The van der Waals surface area contributed by atoms with E-state index in [1.54, 1.807) is 43.5 Å². The third-order valence-electron chi connectivity index (χ3n) is 4.02. The van der Waals surface area contributed by atoms with Crippen LogP contribution in [0.4, 0.5) is 10.1 Å². The molecule has 0 unspecified atom stereocenters. The van der Waals surface area contributed by atoms with E-state index in [0.29, 0.717) is 22.7 Å². The van der Waals surface area contributed by atoms with Crippen LogP contribution >= 0.6 is 0 Å². The molecule has 0 aliphatic rings. The highest BCUT2D eigenvalue weighted by Crippen LogP contribution is 2.32. The first kappa shape index (κ1) is 20.2. The molecule has 144 valence electrons. The maximum absolute atomic E-state index is 13.6. The molecule has 0 radical (unpaired) electrons. The van der Waals surface area contributed by atoms with E-state index in [4.69, 9.17) is 9.47 Å². The Bertz CT molecular complexity index is 810. The van der Waals surface area contributed by atoms with E-state index in [0.717, 1.165) is 0 Å². The van der Waals surface area contributed by atoms with Gasteiger partial charge in [-0.05, 0) is 23.8 Å². The average Bonchev–Trinajstić information content (AvgIpc) is 2.66. The second-order valence-electron chi connectivity index (χ2n) is 5.83. The van der Waals surface area contributed by atoms with Crippen molar-refractivity contribution in [3.8, 4) is 11.5 Å². The summed E-state index contributed by atoms with van der Waals surface area (Å²) in [5.74, 6) is 0.174. The maximum Gasteiger partial charge on any atom is 0.224 e. The fourth-order valence-corrected chi connectivity index (χ4v) is 2.64. The summed E-state index contributed by atoms with van der Waals surface area (Å²) in [6.45, 7) is 1.91. The summed E-state index contributed by atoms with van der Waals surface area (Å²) in [5, 5.41) is 2.71.